The topological polar surface area (TPSA) is 78.9 Å². The van der Waals surface area contributed by atoms with Gasteiger partial charge < -0.3 is 14.2 Å². The summed E-state index contributed by atoms with van der Waals surface area (Å²) >= 11 is 0. The predicted octanol–water partition coefficient (Wildman–Crippen LogP) is 22.7. The molecule has 0 saturated carbocycles. The lowest BCUT2D eigenvalue weighted by atomic mass is 10.0. The molecule has 442 valence electrons. The van der Waals surface area contributed by atoms with Crippen molar-refractivity contribution in [3.8, 4) is 0 Å². The molecule has 0 aromatic carbocycles. The molecule has 0 spiro atoms. The number of carbonyl (C=O) groups is 3. The lowest BCUT2D eigenvalue weighted by Crippen LogP contribution is -2.30. The number of hydrogen-bond acceptors (Lipinski definition) is 6. The van der Waals surface area contributed by atoms with E-state index in [-0.39, 0.29) is 31.1 Å². The molecule has 0 aromatic heterocycles. The first-order valence-electron chi connectivity index (χ1n) is 33.3. The molecule has 0 N–H and O–H groups in total. The molecule has 0 aliphatic rings. The number of hydrogen-bond donors (Lipinski definition) is 0. The van der Waals surface area contributed by atoms with Gasteiger partial charge in [0.15, 0.2) is 6.10 Å². The summed E-state index contributed by atoms with van der Waals surface area (Å²) in [7, 11) is 0. The minimum atomic E-state index is -0.782. The standard InChI is InChI=1S/C70H126O6/c1-4-7-10-13-16-19-22-25-28-31-33-34-35-36-38-39-42-45-48-51-54-57-60-63-69(72)75-66-67(65-74-68(71)62-59-56-53-50-47-44-41-30-27-24-21-18-15-12-9-6-3)76-70(73)64-61-58-55-52-49-46-43-40-37-32-29-26-23-20-17-14-11-8-5-2/h17,20,22,25-26,29-31,33,41,67H,4-16,18-19,21,23-24,27-28,32,34-40,42-66H2,1-3H3/b20-17-,25-22-,29-26-,33-31-,41-30-. The molecule has 1 atom stereocenters. The van der Waals surface area contributed by atoms with Crippen LogP contribution in [0.5, 0.6) is 0 Å². The van der Waals surface area contributed by atoms with Gasteiger partial charge in [0.2, 0.25) is 0 Å². The molecule has 0 radical (unpaired) electrons. The van der Waals surface area contributed by atoms with Crippen molar-refractivity contribution >= 4 is 17.9 Å². The van der Waals surface area contributed by atoms with Crippen LogP contribution in [0.2, 0.25) is 0 Å². The van der Waals surface area contributed by atoms with E-state index in [4.69, 9.17) is 14.2 Å². The Hall–Kier alpha value is -2.89. The van der Waals surface area contributed by atoms with Gasteiger partial charge in [0.25, 0.3) is 0 Å². The average molecular weight is 1060 g/mol. The predicted molar refractivity (Wildman–Crippen MR) is 330 cm³/mol. The average Bonchev–Trinajstić information content (AvgIpc) is 3.42. The van der Waals surface area contributed by atoms with E-state index in [1.54, 1.807) is 0 Å². The number of carbonyl (C=O) groups excluding carboxylic acids is 3. The van der Waals surface area contributed by atoms with Crippen molar-refractivity contribution in [3.05, 3.63) is 60.8 Å². The number of esters is 3. The maximum atomic E-state index is 12.9. The van der Waals surface area contributed by atoms with Crippen molar-refractivity contribution in [2.45, 2.75) is 354 Å². The van der Waals surface area contributed by atoms with E-state index in [1.807, 2.05) is 0 Å². The molecular formula is C70H126O6. The van der Waals surface area contributed by atoms with Crippen LogP contribution in [-0.2, 0) is 28.6 Å². The van der Waals surface area contributed by atoms with Gasteiger partial charge in [0.1, 0.15) is 13.2 Å². The van der Waals surface area contributed by atoms with Gasteiger partial charge in [-0.3, -0.25) is 14.4 Å². The van der Waals surface area contributed by atoms with Crippen LogP contribution in [-0.4, -0.2) is 37.2 Å². The van der Waals surface area contributed by atoms with Crippen LogP contribution in [0.15, 0.2) is 60.8 Å². The molecule has 0 heterocycles. The largest absolute Gasteiger partial charge is 0.462 e. The molecule has 6 nitrogen and oxygen atoms in total. The first-order chi connectivity index (χ1) is 37.5. The third-order valence-electron chi connectivity index (χ3n) is 14.7. The van der Waals surface area contributed by atoms with Gasteiger partial charge >= 0.3 is 17.9 Å². The number of unbranched alkanes of at least 4 members (excludes halogenated alkanes) is 40. The Morgan fingerprint density at radius 1 is 0.263 bits per heavy atom. The van der Waals surface area contributed by atoms with E-state index < -0.39 is 6.10 Å². The SMILES string of the molecule is CCCCC/C=C\C/C=C\CCCCCCCCCCCC(=O)OC(COC(=O)CCCCCCC/C=C\CCCCCCCCC)COC(=O)CCCCCCCCCCCCC/C=C\C/C=C\CCCCCCC. The minimum Gasteiger partial charge on any atom is -0.462 e. The van der Waals surface area contributed by atoms with Gasteiger partial charge in [-0.05, 0) is 109 Å². The van der Waals surface area contributed by atoms with Gasteiger partial charge in [-0.15, -0.1) is 0 Å². The van der Waals surface area contributed by atoms with Crippen LogP contribution >= 0.6 is 0 Å². The summed E-state index contributed by atoms with van der Waals surface area (Å²) in [4.78, 5) is 38.4. The summed E-state index contributed by atoms with van der Waals surface area (Å²) in [5.74, 6) is -0.873. The van der Waals surface area contributed by atoms with Gasteiger partial charge in [-0.25, -0.2) is 0 Å². The molecule has 0 rings (SSSR count). The monoisotopic (exact) mass is 1060 g/mol. The van der Waals surface area contributed by atoms with Gasteiger partial charge in [-0.2, -0.15) is 0 Å². The molecular weight excluding hydrogens is 937 g/mol. The number of allylic oxidation sites excluding steroid dienone is 10. The van der Waals surface area contributed by atoms with Crippen molar-refractivity contribution in [1.29, 1.82) is 0 Å². The highest BCUT2D eigenvalue weighted by Crippen LogP contribution is 2.17. The van der Waals surface area contributed by atoms with Crippen molar-refractivity contribution in [3.63, 3.8) is 0 Å². The Kier molecular flexibility index (Phi) is 62.2. The zero-order valence-electron chi connectivity index (χ0n) is 50.8. The van der Waals surface area contributed by atoms with Gasteiger partial charge in [0, 0.05) is 19.3 Å². The summed E-state index contributed by atoms with van der Waals surface area (Å²) in [6.45, 7) is 6.64. The lowest BCUT2D eigenvalue weighted by Gasteiger charge is -2.18. The van der Waals surface area contributed by atoms with Crippen LogP contribution in [0.1, 0.15) is 348 Å². The summed E-state index contributed by atoms with van der Waals surface area (Å²) in [5.41, 5.74) is 0. The second-order valence-electron chi connectivity index (χ2n) is 22.4. The van der Waals surface area contributed by atoms with E-state index in [1.165, 1.54) is 231 Å². The Balaban J connectivity index is 4.34. The molecule has 0 aliphatic carbocycles. The Labute approximate surface area is 472 Å². The Morgan fingerprint density at radius 3 is 0.763 bits per heavy atom. The Morgan fingerprint density at radius 2 is 0.474 bits per heavy atom. The van der Waals surface area contributed by atoms with Gasteiger partial charge in [0.05, 0.1) is 0 Å². The van der Waals surface area contributed by atoms with Crippen LogP contribution < -0.4 is 0 Å². The van der Waals surface area contributed by atoms with Crippen LogP contribution in [0.4, 0.5) is 0 Å². The molecule has 0 aliphatic heterocycles. The fourth-order valence-corrected chi connectivity index (χ4v) is 9.68. The van der Waals surface area contributed by atoms with E-state index in [2.05, 4.69) is 81.5 Å². The molecule has 0 amide bonds. The van der Waals surface area contributed by atoms with Crippen LogP contribution in [0.25, 0.3) is 0 Å². The van der Waals surface area contributed by atoms with Crippen molar-refractivity contribution in [2.24, 2.45) is 0 Å². The maximum Gasteiger partial charge on any atom is 0.306 e. The third-order valence-corrected chi connectivity index (χ3v) is 14.7. The molecule has 0 bridgehead atoms. The van der Waals surface area contributed by atoms with E-state index >= 15 is 0 Å². The van der Waals surface area contributed by atoms with Crippen molar-refractivity contribution < 1.29 is 28.6 Å². The maximum absolute atomic E-state index is 12.9. The molecule has 1 unspecified atom stereocenters. The molecule has 76 heavy (non-hydrogen) atoms. The minimum absolute atomic E-state index is 0.0776. The highest BCUT2D eigenvalue weighted by atomic mass is 16.6. The number of rotatable bonds is 61. The highest BCUT2D eigenvalue weighted by molar-refractivity contribution is 5.71. The van der Waals surface area contributed by atoms with Crippen LogP contribution in [0, 0.1) is 0 Å². The quantitative estimate of drug-likeness (QED) is 0.0261. The van der Waals surface area contributed by atoms with E-state index in [0.717, 1.165) is 77.0 Å². The first kappa shape index (κ1) is 73.1. The van der Waals surface area contributed by atoms with Crippen LogP contribution in [0.3, 0.4) is 0 Å². The van der Waals surface area contributed by atoms with E-state index in [0.29, 0.717) is 19.3 Å². The normalized spacial score (nSPS) is 12.4. The zero-order chi connectivity index (χ0) is 55.0. The fraction of sp³-hybridized carbons (Fsp3) is 0.814. The van der Waals surface area contributed by atoms with E-state index in [9.17, 15) is 14.4 Å². The third kappa shape index (κ3) is 62.0. The second kappa shape index (κ2) is 64.6. The van der Waals surface area contributed by atoms with Crippen molar-refractivity contribution in [1.82, 2.24) is 0 Å². The molecule has 0 aromatic rings. The summed E-state index contributed by atoms with van der Waals surface area (Å²) < 4.78 is 17.0. The Bertz CT molecular complexity index is 1360. The summed E-state index contributed by atoms with van der Waals surface area (Å²) in [5, 5.41) is 0. The van der Waals surface area contributed by atoms with Gasteiger partial charge in [-0.1, -0.05) is 281 Å². The van der Waals surface area contributed by atoms with Crippen molar-refractivity contribution in [2.75, 3.05) is 13.2 Å². The highest BCUT2D eigenvalue weighted by Gasteiger charge is 2.19. The number of ether oxygens (including phenoxy) is 3. The smallest absolute Gasteiger partial charge is 0.306 e. The molecule has 0 saturated heterocycles. The second-order valence-corrected chi connectivity index (χ2v) is 22.4. The summed E-state index contributed by atoms with van der Waals surface area (Å²) in [6.07, 6.45) is 82.2. The first-order valence-corrected chi connectivity index (χ1v) is 33.3. The zero-order valence-corrected chi connectivity index (χ0v) is 50.8. The fourth-order valence-electron chi connectivity index (χ4n) is 9.68. The lowest BCUT2D eigenvalue weighted by molar-refractivity contribution is -0.167. The molecule has 6 heteroatoms. The summed E-state index contributed by atoms with van der Waals surface area (Å²) in [6, 6.07) is 0. The molecule has 0 fully saturated rings.